The lowest BCUT2D eigenvalue weighted by atomic mass is 10.1. The van der Waals surface area contributed by atoms with E-state index in [0.717, 1.165) is 22.5 Å². The van der Waals surface area contributed by atoms with Crippen molar-refractivity contribution in [1.82, 2.24) is 14.1 Å². The number of sulfonamides is 1. The molecular formula is C22H24ClF2N3O4S. The van der Waals surface area contributed by atoms with Crippen molar-refractivity contribution >= 4 is 33.4 Å². The number of carbonyl (C=O) groups is 2. The summed E-state index contributed by atoms with van der Waals surface area (Å²) in [5.41, 5.74) is -0.104. The Hall–Kier alpha value is -2.56. The highest BCUT2D eigenvalue weighted by atomic mass is 35.5. The van der Waals surface area contributed by atoms with Crippen molar-refractivity contribution in [1.29, 1.82) is 0 Å². The van der Waals surface area contributed by atoms with Crippen molar-refractivity contribution in [3.8, 4) is 0 Å². The number of piperazine rings is 1. The van der Waals surface area contributed by atoms with Crippen LogP contribution in [0.2, 0.25) is 5.02 Å². The van der Waals surface area contributed by atoms with Crippen LogP contribution >= 0.6 is 11.6 Å². The lowest BCUT2D eigenvalue weighted by Gasteiger charge is -2.35. The van der Waals surface area contributed by atoms with Gasteiger partial charge in [-0.1, -0.05) is 11.6 Å². The summed E-state index contributed by atoms with van der Waals surface area (Å²) < 4.78 is 53.2. The van der Waals surface area contributed by atoms with Crippen LogP contribution < -0.4 is 0 Å². The second-order valence-corrected chi connectivity index (χ2v) is 10.2. The van der Waals surface area contributed by atoms with E-state index in [1.165, 1.54) is 36.2 Å². The Kier molecular flexibility index (Phi) is 8.04. The maximum Gasteiger partial charge on any atom is 0.257 e. The van der Waals surface area contributed by atoms with E-state index in [0.29, 0.717) is 19.5 Å². The molecule has 1 heterocycles. The molecule has 178 valence electrons. The minimum absolute atomic E-state index is 0.0188. The van der Waals surface area contributed by atoms with Crippen molar-refractivity contribution in [2.24, 2.45) is 0 Å². The third-order valence-corrected chi connectivity index (χ3v) is 7.57. The summed E-state index contributed by atoms with van der Waals surface area (Å²) >= 11 is 5.86. The molecule has 3 rings (SSSR count). The Bertz CT molecular complexity index is 1120. The van der Waals surface area contributed by atoms with E-state index < -0.39 is 27.6 Å². The predicted molar refractivity (Wildman–Crippen MR) is 119 cm³/mol. The summed E-state index contributed by atoms with van der Waals surface area (Å²) in [6.07, 6.45) is 0.447. The Morgan fingerprint density at radius 3 is 2.24 bits per heavy atom. The topological polar surface area (TPSA) is 78.0 Å². The van der Waals surface area contributed by atoms with Crippen LogP contribution in [0.1, 0.15) is 23.2 Å². The van der Waals surface area contributed by atoms with E-state index in [1.807, 2.05) is 0 Å². The van der Waals surface area contributed by atoms with Crippen LogP contribution in [-0.2, 0) is 14.8 Å². The molecule has 0 radical (unpaired) electrons. The minimum Gasteiger partial charge on any atom is -0.339 e. The molecule has 0 atom stereocenters. The van der Waals surface area contributed by atoms with Crippen LogP contribution in [0.4, 0.5) is 8.78 Å². The van der Waals surface area contributed by atoms with Crippen molar-refractivity contribution in [2.75, 3.05) is 39.8 Å². The molecule has 2 aromatic carbocycles. The first-order valence-corrected chi connectivity index (χ1v) is 12.2. The number of rotatable bonds is 7. The Morgan fingerprint density at radius 1 is 1.00 bits per heavy atom. The first kappa shape index (κ1) is 25.1. The molecule has 7 nitrogen and oxygen atoms in total. The number of carbonyl (C=O) groups excluding carboxylic acids is 2. The molecule has 1 saturated heterocycles. The Labute approximate surface area is 196 Å². The predicted octanol–water partition coefficient (Wildman–Crippen LogP) is 3.00. The summed E-state index contributed by atoms with van der Waals surface area (Å²) in [6, 6.07) is 8.35. The van der Waals surface area contributed by atoms with Crippen molar-refractivity contribution < 1.29 is 26.8 Å². The second-order valence-electron chi connectivity index (χ2n) is 7.68. The normalized spacial score (nSPS) is 14.6. The molecule has 0 N–H and O–H groups in total. The molecule has 1 aliphatic rings. The summed E-state index contributed by atoms with van der Waals surface area (Å²) in [5.74, 6) is -1.80. The van der Waals surface area contributed by atoms with Gasteiger partial charge in [0.05, 0.1) is 10.5 Å². The number of nitrogens with zero attached hydrogens (tertiary/aromatic N) is 3. The van der Waals surface area contributed by atoms with Gasteiger partial charge in [0, 0.05) is 51.2 Å². The number of benzene rings is 2. The largest absolute Gasteiger partial charge is 0.339 e. The second kappa shape index (κ2) is 10.6. The smallest absolute Gasteiger partial charge is 0.257 e. The van der Waals surface area contributed by atoms with Gasteiger partial charge < -0.3 is 9.80 Å². The average Bonchev–Trinajstić information content (AvgIpc) is 2.80. The molecule has 0 aliphatic carbocycles. The van der Waals surface area contributed by atoms with E-state index >= 15 is 0 Å². The fourth-order valence-corrected chi connectivity index (χ4v) is 4.89. The van der Waals surface area contributed by atoms with Crippen molar-refractivity contribution in [3.05, 3.63) is 64.7 Å². The molecule has 0 unspecified atom stereocenters. The highest BCUT2D eigenvalue weighted by Crippen LogP contribution is 2.19. The number of hydrogen-bond acceptors (Lipinski definition) is 4. The maximum atomic E-state index is 14.0. The molecule has 11 heteroatoms. The third kappa shape index (κ3) is 6.07. The van der Waals surface area contributed by atoms with Gasteiger partial charge in [0.25, 0.3) is 5.91 Å². The number of amides is 2. The van der Waals surface area contributed by atoms with E-state index in [4.69, 9.17) is 11.6 Å². The van der Waals surface area contributed by atoms with E-state index in [1.54, 1.807) is 4.90 Å². The highest BCUT2D eigenvalue weighted by Gasteiger charge is 2.27. The zero-order chi connectivity index (χ0) is 24.2. The van der Waals surface area contributed by atoms with Gasteiger partial charge in [-0.3, -0.25) is 9.59 Å². The Morgan fingerprint density at radius 2 is 1.61 bits per heavy atom. The molecule has 1 fully saturated rings. The molecule has 2 amide bonds. The maximum absolute atomic E-state index is 14.0. The van der Waals surface area contributed by atoms with Gasteiger partial charge in [-0.05, 0) is 48.9 Å². The van der Waals surface area contributed by atoms with Gasteiger partial charge in [0.1, 0.15) is 11.6 Å². The zero-order valence-electron chi connectivity index (χ0n) is 18.0. The molecule has 0 aromatic heterocycles. The minimum atomic E-state index is -3.77. The van der Waals surface area contributed by atoms with Crippen LogP contribution in [-0.4, -0.2) is 74.1 Å². The van der Waals surface area contributed by atoms with Crippen molar-refractivity contribution in [3.63, 3.8) is 0 Å². The molecule has 0 spiro atoms. The third-order valence-electron chi connectivity index (χ3n) is 5.46. The van der Waals surface area contributed by atoms with Crippen LogP contribution in [0, 0.1) is 11.6 Å². The summed E-state index contributed by atoms with van der Waals surface area (Å²) in [5, 5.41) is 0.264. The zero-order valence-corrected chi connectivity index (χ0v) is 19.6. The lowest BCUT2D eigenvalue weighted by Crippen LogP contribution is -2.50. The summed E-state index contributed by atoms with van der Waals surface area (Å²) in [4.78, 5) is 28.1. The molecule has 2 aromatic rings. The fraction of sp³-hybridized carbons (Fsp3) is 0.364. The summed E-state index contributed by atoms with van der Waals surface area (Å²) in [6.45, 7) is 1.25. The van der Waals surface area contributed by atoms with E-state index in [2.05, 4.69) is 0 Å². The van der Waals surface area contributed by atoms with Gasteiger partial charge in [0.2, 0.25) is 15.9 Å². The monoisotopic (exact) mass is 499 g/mol. The van der Waals surface area contributed by atoms with Crippen molar-refractivity contribution in [2.45, 2.75) is 17.7 Å². The molecule has 0 saturated carbocycles. The molecular weight excluding hydrogens is 476 g/mol. The quantitative estimate of drug-likeness (QED) is 0.586. The summed E-state index contributed by atoms with van der Waals surface area (Å²) in [7, 11) is -2.37. The van der Waals surface area contributed by atoms with Gasteiger partial charge in [-0.2, -0.15) is 0 Å². The average molecular weight is 500 g/mol. The van der Waals surface area contributed by atoms with Crippen LogP contribution in [0.15, 0.2) is 47.4 Å². The fourth-order valence-electron chi connectivity index (χ4n) is 3.51. The molecule has 0 bridgehead atoms. The molecule has 1 aliphatic heterocycles. The number of hydrogen-bond donors (Lipinski definition) is 0. The van der Waals surface area contributed by atoms with Crippen LogP contribution in [0.5, 0.6) is 0 Å². The van der Waals surface area contributed by atoms with Gasteiger partial charge in [-0.25, -0.2) is 21.5 Å². The van der Waals surface area contributed by atoms with Gasteiger partial charge in [0.15, 0.2) is 0 Å². The highest BCUT2D eigenvalue weighted by molar-refractivity contribution is 7.89. The van der Waals surface area contributed by atoms with E-state index in [9.17, 15) is 26.8 Å². The van der Waals surface area contributed by atoms with Crippen LogP contribution in [0.25, 0.3) is 0 Å². The van der Waals surface area contributed by atoms with Gasteiger partial charge >= 0.3 is 0 Å². The first-order chi connectivity index (χ1) is 15.6. The van der Waals surface area contributed by atoms with E-state index in [-0.39, 0.29) is 47.4 Å². The standard InChI is InChI=1S/C22H24ClF2N3O4S/c1-26(33(31,32)18-7-5-17(24)6-8-18)10-2-3-21(29)27-11-13-28(14-12-27)22(30)19-15-16(23)4-9-20(19)25/h4-9,15H,2-3,10-14H2,1H3. The van der Waals surface area contributed by atoms with Crippen LogP contribution in [0.3, 0.4) is 0 Å². The first-order valence-electron chi connectivity index (χ1n) is 10.3. The SMILES string of the molecule is CN(CCCC(=O)N1CCN(C(=O)c2cc(Cl)ccc2F)CC1)S(=O)(=O)c1ccc(F)cc1. The molecule has 33 heavy (non-hydrogen) atoms. The number of halogens is 3. The Balaban J connectivity index is 1.47. The van der Waals surface area contributed by atoms with Gasteiger partial charge in [-0.15, -0.1) is 0 Å². The lowest BCUT2D eigenvalue weighted by molar-refractivity contribution is -0.132.